The third-order valence-corrected chi connectivity index (χ3v) is 8.07. The van der Waals surface area contributed by atoms with Crippen molar-refractivity contribution in [3.63, 3.8) is 0 Å². The molecule has 0 radical (unpaired) electrons. The van der Waals surface area contributed by atoms with Crippen LogP contribution in [0, 0.1) is 6.92 Å². The number of aromatic hydroxyl groups is 1. The molecule has 0 amide bonds. The quantitative estimate of drug-likeness (QED) is 0.460. The highest BCUT2D eigenvalue weighted by Gasteiger charge is 2.26. The number of furan rings is 1. The van der Waals surface area contributed by atoms with Crippen LogP contribution in [0.4, 0.5) is 11.5 Å². The van der Waals surface area contributed by atoms with Crippen molar-refractivity contribution in [2.75, 3.05) is 19.4 Å². The van der Waals surface area contributed by atoms with E-state index < -0.39 is 26.9 Å². The van der Waals surface area contributed by atoms with E-state index in [-0.39, 0.29) is 27.2 Å². The van der Waals surface area contributed by atoms with Crippen LogP contribution in [0.2, 0.25) is 0 Å². The van der Waals surface area contributed by atoms with Gasteiger partial charge in [-0.25, -0.2) is 17.7 Å². The third-order valence-electron chi connectivity index (χ3n) is 4.04. The van der Waals surface area contributed by atoms with Crippen LogP contribution >= 0.6 is 22.5 Å². The van der Waals surface area contributed by atoms with Gasteiger partial charge in [0, 0.05) is 23.8 Å². The Hall–Kier alpha value is -2.19. The lowest BCUT2D eigenvalue weighted by molar-refractivity contribution is 0.438. The fourth-order valence-corrected chi connectivity index (χ4v) is 5.53. The fourth-order valence-electron chi connectivity index (χ4n) is 2.49. The summed E-state index contributed by atoms with van der Waals surface area (Å²) >= 11 is -0.875. The number of nitrogens with one attached hydrogen (secondary N) is 2. The maximum Gasteiger partial charge on any atom is 0.255 e. The molecular formula is C16H21N5O5S3. The first kappa shape index (κ1) is 21.5. The van der Waals surface area contributed by atoms with Crippen LogP contribution in [-0.2, 0) is 10.0 Å². The summed E-state index contributed by atoms with van der Waals surface area (Å²) in [7, 11) is -1.04. The van der Waals surface area contributed by atoms with E-state index >= 15 is 0 Å². The van der Waals surface area contributed by atoms with E-state index in [0.717, 1.165) is 21.4 Å². The van der Waals surface area contributed by atoms with Crippen LogP contribution in [-0.4, -0.2) is 45.2 Å². The Balaban J connectivity index is 1.98. The van der Waals surface area contributed by atoms with Crippen molar-refractivity contribution in [2.24, 2.45) is 4.99 Å². The normalized spacial score (nSPS) is 14.6. The predicted molar refractivity (Wildman–Crippen MR) is 109 cm³/mol. The lowest BCUT2D eigenvalue weighted by atomic mass is 10.2. The van der Waals surface area contributed by atoms with E-state index in [2.05, 4.69) is 19.1 Å². The first-order chi connectivity index (χ1) is 13.6. The largest absolute Gasteiger partial charge is 0.548 e. The highest BCUT2D eigenvalue weighted by Crippen LogP contribution is 2.39. The number of sulfonamides is 1. The van der Waals surface area contributed by atoms with Gasteiger partial charge in [-0.3, -0.25) is 0 Å². The minimum absolute atomic E-state index is 0.129. The summed E-state index contributed by atoms with van der Waals surface area (Å²) < 4.78 is 49.5. The molecule has 0 fully saturated rings. The molecule has 0 aliphatic carbocycles. The summed E-state index contributed by atoms with van der Waals surface area (Å²) in [6.07, 6.45) is 0.632. The lowest BCUT2D eigenvalue weighted by Crippen LogP contribution is -2.21. The van der Waals surface area contributed by atoms with Gasteiger partial charge in [-0.15, -0.1) is 15.7 Å². The molecule has 3 aromatic rings. The van der Waals surface area contributed by atoms with E-state index in [4.69, 9.17) is 4.42 Å². The van der Waals surface area contributed by atoms with Crippen molar-refractivity contribution >= 4 is 44.0 Å². The van der Waals surface area contributed by atoms with Gasteiger partial charge >= 0.3 is 0 Å². The van der Waals surface area contributed by atoms with Crippen LogP contribution in [0.25, 0.3) is 0 Å². The molecule has 3 heterocycles. The third kappa shape index (κ3) is 4.38. The summed E-state index contributed by atoms with van der Waals surface area (Å²) in [6, 6.07) is 3.34. The lowest BCUT2D eigenvalue weighted by Gasteiger charge is -2.09. The van der Waals surface area contributed by atoms with Gasteiger partial charge in [0.1, 0.15) is 17.6 Å². The summed E-state index contributed by atoms with van der Waals surface area (Å²) in [5.41, 5.74) is 0.358. The number of H-pyrrole nitrogens is 1. The molecule has 29 heavy (non-hydrogen) atoms. The van der Waals surface area contributed by atoms with Crippen molar-refractivity contribution in [3.8, 4) is 5.75 Å². The fraction of sp³-hybridized carbons (Fsp3) is 0.375. The molecule has 2 atom stereocenters. The van der Waals surface area contributed by atoms with Gasteiger partial charge in [0.2, 0.25) is 11.3 Å². The molecular weight excluding hydrogens is 438 g/mol. The maximum atomic E-state index is 12.3. The average molecular weight is 460 g/mol. The molecule has 10 nitrogen and oxygen atoms in total. The number of aromatic amines is 1. The van der Waals surface area contributed by atoms with E-state index in [1.165, 1.54) is 19.5 Å². The molecule has 0 aliphatic heterocycles. The average Bonchev–Trinajstić information content (AvgIpc) is 3.33. The molecule has 0 aliphatic rings. The zero-order chi connectivity index (χ0) is 21.3. The number of aromatic nitrogens is 2. The van der Waals surface area contributed by atoms with E-state index in [9.17, 15) is 18.1 Å². The number of aryl methyl sites for hydroxylation is 1. The number of rotatable bonds is 7. The Kier molecular flexibility index (Phi) is 6.14. The van der Waals surface area contributed by atoms with Crippen LogP contribution < -0.4 is 10.8 Å². The van der Waals surface area contributed by atoms with Crippen molar-refractivity contribution in [1.82, 2.24) is 13.1 Å². The number of anilines is 2. The molecule has 1 unspecified atom stereocenters. The van der Waals surface area contributed by atoms with Gasteiger partial charge < -0.3 is 19.4 Å². The SMILES string of the molecule is CC[C@@H](N=c1[nH][s+]([O-])nc1Nc1csc(S(=O)(=O)N(C)C)c1O)c1ccc(C)o1. The Morgan fingerprint density at radius 3 is 2.79 bits per heavy atom. The van der Waals surface area contributed by atoms with Gasteiger partial charge in [-0.2, -0.15) is 0 Å². The molecule has 3 N–H and O–H groups in total. The molecule has 0 spiro atoms. The molecule has 3 rings (SSSR count). The summed E-state index contributed by atoms with van der Waals surface area (Å²) in [6.45, 7) is 3.77. The van der Waals surface area contributed by atoms with E-state index in [0.29, 0.717) is 12.2 Å². The van der Waals surface area contributed by atoms with Gasteiger partial charge in [0.05, 0.1) is 5.69 Å². The standard InChI is InChI=1S/C16H21N5O5S3/c1-5-10(12-7-6-9(2)26-12)17-14-15(20-28(23)19-14)18-11-8-27-16(13(11)22)29(24,25)21(3)4/h6-8,10,22H,5H2,1-4H3,(H,17,19)(H,18,20)/t10-,28?/m1/s1. The molecule has 158 valence electrons. The van der Waals surface area contributed by atoms with Gasteiger partial charge in [0.25, 0.3) is 10.0 Å². The molecule has 13 heteroatoms. The summed E-state index contributed by atoms with van der Waals surface area (Å²) in [5.74, 6) is 1.12. The summed E-state index contributed by atoms with van der Waals surface area (Å²) in [4.78, 5) is 4.54. The topological polar surface area (TPSA) is 147 Å². The number of thiophene rings is 1. The minimum Gasteiger partial charge on any atom is -0.548 e. The van der Waals surface area contributed by atoms with Crippen LogP contribution in [0.1, 0.15) is 30.9 Å². The van der Waals surface area contributed by atoms with Crippen molar-refractivity contribution in [3.05, 3.63) is 34.5 Å². The smallest absolute Gasteiger partial charge is 0.255 e. The van der Waals surface area contributed by atoms with Crippen molar-refractivity contribution in [2.45, 2.75) is 30.5 Å². The predicted octanol–water partition coefficient (Wildman–Crippen LogP) is 2.85. The van der Waals surface area contributed by atoms with Gasteiger partial charge in [-0.05, 0) is 25.5 Å². The summed E-state index contributed by atoms with van der Waals surface area (Å²) in [5, 5.41) is 14.6. The highest BCUT2D eigenvalue weighted by molar-refractivity contribution is 7.91. The Labute approximate surface area is 174 Å². The Bertz CT molecular complexity index is 1170. The first-order valence-electron chi connectivity index (χ1n) is 8.55. The molecule has 0 saturated heterocycles. The van der Waals surface area contributed by atoms with Gasteiger partial charge in [0.15, 0.2) is 21.1 Å². The number of nitrogens with zero attached hydrogens (tertiary/aromatic N) is 3. The Morgan fingerprint density at radius 1 is 1.48 bits per heavy atom. The van der Waals surface area contributed by atoms with Crippen LogP contribution in [0.15, 0.2) is 31.1 Å². The second-order valence-corrected chi connectivity index (χ2v) is 10.5. The zero-order valence-corrected chi connectivity index (χ0v) is 18.6. The van der Waals surface area contributed by atoms with Crippen molar-refractivity contribution < 1.29 is 22.5 Å². The monoisotopic (exact) mass is 459 g/mol. The number of hydrogen-bond acceptors (Lipinski definition) is 9. The van der Waals surface area contributed by atoms with E-state index in [1.54, 1.807) is 0 Å². The molecule has 0 aromatic carbocycles. The first-order valence-corrected chi connectivity index (χ1v) is 12.0. The second-order valence-electron chi connectivity index (χ2n) is 6.34. The molecule has 3 aromatic heterocycles. The maximum absolute atomic E-state index is 12.3. The molecule has 0 bridgehead atoms. The molecule has 0 saturated carbocycles. The zero-order valence-electron chi connectivity index (χ0n) is 16.2. The van der Waals surface area contributed by atoms with Crippen LogP contribution in [0.5, 0.6) is 5.75 Å². The number of hydrogen-bond donors (Lipinski definition) is 3. The van der Waals surface area contributed by atoms with Gasteiger partial charge in [-0.1, -0.05) is 6.92 Å². The second kappa shape index (κ2) is 8.28. The minimum atomic E-state index is -3.80. The Morgan fingerprint density at radius 2 is 2.21 bits per heavy atom. The highest BCUT2D eigenvalue weighted by atomic mass is 32.2. The van der Waals surface area contributed by atoms with Crippen LogP contribution in [0.3, 0.4) is 0 Å². The van der Waals surface area contributed by atoms with Crippen molar-refractivity contribution in [1.29, 1.82) is 0 Å². The van der Waals surface area contributed by atoms with E-state index in [1.807, 2.05) is 26.0 Å².